The van der Waals surface area contributed by atoms with E-state index in [1.54, 1.807) is 7.11 Å². The molecule has 0 aliphatic carbocycles. The Labute approximate surface area is 105 Å². The largest absolute Gasteiger partial charge is 0.383 e. The summed E-state index contributed by atoms with van der Waals surface area (Å²) < 4.78 is 5.05. The predicted molar refractivity (Wildman–Crippen MR) is 69.9 cm³/mol. The lowest BCUT2D eigenvalue weighted by Gasteiger charge is -2.31. The molecule has 1 amide bonds. The van der Waals surface area contributed by atoms with E-state index in [0.717, 1.165) is 26.2 Å². The van der Waals surface area contributed by atoms with Crippen LogP contribution in [0.15, 0.2) is 0 Å². The Kier molecular flexibility index (Phi) is 9.03. The Balaban J connectivity index is 4.46. The summed E-state index contributed by atoms with van der Waals surface area (Å²) >= 11 is 0. The van der Waals surface area contributed by atoms with Crippen LogP contribution < -0.4 is 5.73 Å². The summed E-state index contributed by atoms with van der Waals surface area (Å²) in [5, 5.41) is 0. The SMILES string of the molecule is CCN(CC)C(=O)C(C)N(CCN)CCOC. The monoisotopic (exact) mass is 245 g/mol. The summed E-state index contributed by atoms with van der Waals surface area (Å²) in [5.41, 5.74) is 5.57. The number of likely N-dealkylation sites (N-methyl/N-ethyl adjacent to an activating group) is 1. The van der Waals surface area contributed by atoms with E-state index in [0.29, 0.717) is 13.2 Å². The van der Waals surface area contributed by atoms with Gasteiger partial charge in [0.1, 0.15) is 0 Å². The van der Waals surface area contributed by atoms with Crippen molar-refractivity contribution in [2.45, 2.75) is 26.8 Å². The van der Waals surface area contributed by atoms with Crippen LogP contribution in [0.2, 0.25) is 0 Å². The summed E-state index contributed by atoms with van der Waals surface area (Å²) in [6, 6.07) is -0.131. The van der Waals surface area contributed by atoms with Crippen LogP contribution in [-0.2, 0) is 9.53 Å². The number of carbonyl (C=O) groups is 1. The standard InChI is InChI=1S/C12H27N3O2/c1-5-14(6-2)12(16)11(3)15(8-7-13)9-10-17-4/h11H,5-10,13H2,1-4H3. The van der Waals surface area contributed by atoms with E-state index in [4.69, 9.17) is 10.5 Å². The topological polar surface area (TPSA) is 58.8 Å². The van der Waals surface area contributed by atoms with Gasteiger partial charge in [-0.3, -0.25) is 9.69 Å². The van der Waals surface area contributed by atoms with E-state index < -0.39 is 0 Å². The lowest BCUT2D eigenvalue weighted by atomic mass is 10.2. The third-order valence-electron chi connectivity index (χ3n) is 2.98. The highest BCUT2D eigenvalue weighted by Crippen LogP contribution is 2.04. The van der Waals surface area contributed by atoms with Crippen LogP contribution in [0, 0.1) is 0 Å². The van der Waals surface area contributed by atoms with E-state index in [1.807, 2.05) is 25.7 Å². The van der Waals surface area contributed by atoms with Crippen molar-refractivity contribution in [3.8, 4) is 0 Å². The molecule has 0 saturated heterocycles. The fourth-order valence-electron chi connectivity index (χ4n) is 1.83. The number of hydrogen-bond donors (Lipinski definition) is 1. The zero-order valence-electron chi connectivity index (χ0n) is 11.6. The predicted octanol–water partition coefficient (Wildman–Crippen LogP) is 0.150. The fraction of sp³-hybridized carbons (Fsp3) is 0.917. The summed E-state index contributed by atoms with van der Waals surface area (Å²) in [6.07, 6.45) is 0. The highest BCUT2D eigenvalue weighted by Gasteiger charge is 2.23. The zero-order valence-corrected chi connectivity index (χ0v) is 11.6. The lowest BCUT2D eigenvalue weighted by Crippen LogP contribution is -2.49. The molecule has 0 saturated carbocycles. The van der Waals surface area contributed by atoms with Gasteiger partial charge in [-0.1, -0.05) is 0 Å². The number of carbonyl (C=O) groups excluding carboxylic acids is 1. The fourth-order valence-corrected chi connectivity index (χ4v) is 1.83. The maximum Gasteiger partial charge on any atom is 0.239 e. The van der Waals surface area contributed by atoms with Crippen LogP contribution in [0.25, 0.3) is 0 Å². The maximum absolute atomic E-state index is 12.2. The Morgan fingerprint density at radius 2 is 1.88 bits per heavy atom. The normalized spacial score (nSPS) is 12.8. The van der Waals surface area contributed by atoms with Crippen LogP contribution >= 0.6 is 0 Å². The molecule has 102 valence electrons. The molecule has 17 heavy (non-hydrogen) atoms. The number of nitrogens with two attached hydrogens (primary N) is 1. The van der Waals surface area contributed by atoms with Gasteiger partial charge in [0, 0.05) is 39.8 Å². The molecule has 0 heterocycles. The third-order valence-corrected chi connectivity index (χ3v) is 2.98. The molecule has 0 aromatic heterocycles. The molecular weight excluding hydrogens is 218 g/mol. The molecule has 2 N–H and O–H groups in total. The second-order valence-corrected chi connectivity index (χ2v) is 4.00. The van der Waals surface area contributed by atoms with Crippen molar-refractivity contribution >= 4 is 5.91 Å². The van der Waals surface area contributed by atoms with E-state index >= 15 is 0 Å². The average Bonchev–Trinajstić information content (AvgIpc) is 2.35. The van der Waals surface area contributed by atoms with Gasteiger partial charge in [0.2, 0.25) is 5.91 Å². The molecule has 0 aliphatic rings. The Morgan fingerprint density at radius 1 is 1.29 bits per heavy atom. The highest BCUT2D eigenvalue weighted by molar-refractivity contribution is 5.81. The molecule has 0 fully saturated rings. The Morgan fingerprint density at radius 3 is 2.29 bits per heavy atom. The minimum absolute atomic E-state index is 0.131. The summed E-state index contributed by atoms with van der Waals surface area (Å²) in [6.45, 7) is 10.1. The smallest absolute Gasteiger partial charge is 0.239 e. The van der Waals surface area contributed by atoms with Crippen LogP contribution in [0.1, 0.15) is 20.8 Å². The molecule has 1 atom stereocenters. The lowest BCUT2D eigenvalue weighted by molar-refractivity contribution is -0.136. The van der Waals surface area contributed by atoms with Gasteiger partial charge in [-0.2, -0.15) is 0 Å². The maximum atomic E-state index is 12.2. The quantitative estimate of drug-likeness (QED) is 0.628. The molecule has 1 unspecified atom stereocenters. The first kappa shape index (κ1) is 16.4. The molecule has 5 nitrogen and oxygen atoms in total. The van der Waals surface area contributed by atoms with Crippen LogP contribution in [-0.4, -0.2) is 68.2 Å². The van der Waals surface area contributed by atoms with Crippen molar-refractivity contribution in [1.29, 1.82) is 0 Å². The van der Waals surface area contributed by atoms with Gasteiger partial charge in [-0.25, -0.2) is 0 Å². The van der Waals surface area contributed by atoms with Gasteiger partial charge in [0.25, 0.3) is 0 Å². The van der Waals surface area contributed by atoms with Crippen LogP contribution in [0.3, 0.4) is 0 Å². The van der Waals surface area contributed by atoms with Crippen molar-refractivity contribution in [3.63, 3.8) is 0 Å². The van der Waals surface area contributed by atoms with E-state index in [1.165, 1.54) is 0 Å². The van der Waals surface area contributed by atoms with Crippen LogP contribution in [0.5, 0.6) is 0 Å². The minimum Gasteiger partial charge on any atom is -0.383 e. The third kappa shape index (κ3) is 5.48. The number of rotatable bonds is 9. The second kappa shape index (κ2) is 9.39. The van der Waals surface area contributed by atoms with E-state index in [2.05, 4.69) is 4.90 Å². The average molecular weight is 245 g/mol. The summed E-state index contributed by atoms with van der Waals surface area (Å²) in [5.74, 6) is 0.166. The first-order valence-electron chi connectivity index (χ1n) is 6.34. The Bertz CT molecular complexity index is 208. The van der Waals surface area contributed by atoms with Gasteiger partial charge in [-0.05, 0) is 20.8 Å². The number of amides is 1. The van der Waals surface area contributed by atoms with Crippen molar-refractivity contribution < 1.29 is 9.53 Å². The number of methoxy groups -OCH3 is 1. The molecule has 0 bridgehead atoms. The number of ether oxygens (including phenoxy) is 1. The molecule has 0 radical (unpaired) electrons. The van der Waals surface area contributed by atoms with Gasteiger partial charge < -0.3 is 15.4 Å². The van der Waals surface area contributed by atoms with E-state index in [-0.39, 0.29) is 11.9 Å². The van der Waals surface area contributed by atoms with Crippen molar-refractivity contribution in [2.24, 2.45) is 5.73 Å². The summed E-state index contributed by atoms with van der Waals surface area (Å²) in [7, 11) is 1.66. The molecule has 0 aromatic carbocycles. The number of hydrogen-bond acceptors (Lipinski definition) is 4. The zero-order chi connectivity index (χ0) is 13.3. The molecule has 0 rings (SSSR count). The highest BCUT2D eigenvalue weighted by atomic mass is 16.5. The molecular formula is C12H27N3O2. The molecule has 0 aliphatic heterocycles. The first-order valence-corrected chi connectivity index (χ1v) is 6.34. The van der Waals surface area contributed by atoms with Gasteiger partial charge in [0.05, 0.1) is 12.6 Å². The first-order chi connectivity index (χ1) is 8.12. The molecule has 5 heteroatoms. The van der Waals surface area contributed by atoms with E-state index in [9.17, 15) is 4.79 Å². The van der Waals surface area contributed by atoms with Crippen molar-refractivity contribution in [3.05, 3.63) is 0 Å². The van der Waals surface area contributed by atoms with Crippen LogP contribution in [0.4, 0.5) is 0 Å². The molecule has 0 spiro atoms. The van der Waals surface area contributed by atoms with Gasteiger partial charge in [0.15, 0.2) is 0 Å². The Hall–Kier alpha value is -0.650. The number of nitrogens with zero attached hydrogens (tertiary/aromatic N) is 2. The second-order valence-electron chi connectivity index (χ2n) is 4.00. The molecule has 0 aromatic rings. The van der Waals surface area contributed by atoms with Crippen molar-refractivity contribution in [2.75, 3.05) is 46.4 Å². The summed E-state index contributed by atoms with van der Waals surface area (Å²) in [4.78, 5) is 16.1. The van der Waals surface area contributed by atoms with Gasteiger partial charge >= 0.3 is 0 Å². The van der Waals surface area contributed by atoms with Gasteiger partial charge in [-0.15, -0.1) is 0 Å². The minimum atomic E-state index is -0.131. The van der Waals surface area contributed by atoms with Crippen molar-refractivity contribution in [1.82, 2.24) is 9.80 Å².